The Morgan fingerprint density at radius 2 is 1.92 bits per heavy atom. The largest absolute Gasteiger partial charge is 0.378 e. The number of nitrogens with one attached hydrogen (secondary N) is 1. The van der Waals surface area contributed by atoms with E-state index in [0.717, 1.165) is 32.5 Å². The van der Waals surface area contributed by atoms with Crippen molar-refractivity contribution in [3.8, 4) is 0 Å². The molecule has 1 atom stereocenters. The Morgan fingerprint density at radius 1 is 1.17 bits per heavy atom. The van der Waals surface area contributed by atoms with E-state index >= 15 is 0 Å². The first-order valence-electron chi connectivity index (χ1n) is 5.13. The van der Waals surface area contributed by atoms with E-state index in [-0.39, 0.29) is 0 Å². The monoisotopic (exact) mass is 173 g/mol. The SMILES string of the molecule is CCCNCCC(C)OCCC. The lowest BCUT2D eigenvalue weighted by Crippen LogP contribution is -2.21. The molecular weight excluding hydrogens is 150 g/mol. The van der Waals surface area contributed by atoms with Gasteiger partial charge in [0, 0.05) is 6.61 Å². The van der Waals surface area contributed by atoms with Crippen LogP contribution in [0.2, 0.25) is 0 Å². The van der Waals surface area contributed by atoms with Gasteiger partial charge in [0.15, 0.2) is 0 Å². The Balaban J connectivity index is 3.02. The first kappa shape index (κ1) is 11.9. The molecule has 2 heteroatoms. The predicted molar refractivity (Wildman–Crippen MR) is 53.5 cm³/mol. The van der Waals surface area contributed by atoms with Crippen molar-refractivity contribution in [3.63, 3.8) is 0 Å². The molecule has 0 rings (SSSR count). The van der Waals surface area contributed by atoms with Gasteiger partial charge in [-0.2, -0.15) is 0 Å². The maximum Gasteiger partial charge on any atom is 0.0559 e. The normalized spacial score (nSPS) is 13.2. The van der Waals surface area contributed by atoms with Crippen LogP contribution in [0.25, 0.3) is 0 Å². The van der Waals surface area contributed by atoms with E-state index in [0.29, 0.717) is 6.10 Å². The van der Waals surface area contributed by atoms with E-state index in [1.165, 1.54) is 6.42 Å². The van der Waals surface area contributed by atoms with Gasteiger partial charge in [0.25, 0.3) is 0 Å². The van der Waals surface area contributed by atoms with Gasteiger partial charge in [-0.3, -0.25) is 0 Å². The summed E-state index contributed by atoms with van der Waals surface area (Å²) in [5, 5.41) is 3.36. The van der Waals surface area contributed by atoms with Crippen LogP contribution in [-0.4, -0.2) is 25.8 Å². The molecule has 0 bridgehead atoms. The van der Waals surface area contributed by atoms with Crippen molar-refractivity contribution >= 4 is 0 Å². The van der Waals surface area contributed by atoms with Gasteiger partial charge >= 0.3 is 0 Å². The second-order valence-corrected chi connectivity index (χ2v) is 3.22. The van der Waals surface area contributed by atoms with Crippen LogP contribution in [0.5, 0.6) is 0 Å². The van der Waals surface area contributed by atoms with Crippen LogP contribution < -0.4 is 5.32 Å². The van der Waals surface area contributed by atoms with Gasteiger partial charge < -0.3 is 10.1 Å². The fourth-order valence-corrected chi connectivity index (χ4v) is 1.01. The molecule has 0 amide bonds. The second kappa shape index (κ2) is 9.01. The molecule has 0 aliphatic rings. The molecule has 0 aliphatic carbocycles. The lowest BCUT2D eigenvalue weighted by atomic mass is 10.3. The minimum atomic E-state index is 0.411. The van der Waals surface area contributed by atoms with E-state index < -0.39 is 0 Å². The van der Waals surface area contributed by atoms with Crippen molar-refractivity contribution in [3.05, 3.63) is 0 Å². The summed E-state index contributed by atoms with van der Waals surface area (Å²) in [5.41, 5.74) is 0. The van der Waals surface area contributed by atoms with Crippen molar-refractivity contribution in [2.24, 2.45) is 0 Å². The third-order valence-corrected chi connectivity index (χ3v) is 1.76. The summed E-state index contributed by atoms with van der Waals surface area (Å²) in [5.74, 6) is 0. The molecule has 0 radical (unpaired) electrons. The quantitative estimate of drug-likeness (QED) is 0.568. The molecule has 0 fully saturated rings. The highest BCUT2D eigenvalue weighted by molar-refractivity contribution is 4.53. The third kappa shape index (κ3) is 8.02. The van der Waals surface area contributed by atoms with E-state index in [1.807, 2.05) is 0 Å². The van der Waals surface area contributed by atoms with Gasteiger partial charge in [-0.05, 0) is 39.3 Å². The number of rotatable bonds is 8. The van der Waals surface area contributed by atoms with Crippen LogP contribution in [0.3, 0.4) is 0 Å². The summed E-state index contributed by atoms with van der Waals surface area (Å²) in [6.07, 6.45) is 3.87. The summed E-state index contributed by atoms with van der Waals surface area (Å²) in [7, 11) is 0. The first-order valence-corrected chi connectivity index (χ1v) is 5.13. The maximum atomic E-state index is 5.53. The Labute approximate surface area is 76.7 Å². The Bertz CT molecular complexity index is 85.9. The first-order chi connectivity index (χ1) is 5.81. The van der Waals surface area contributed by atoms with E-state index in [4.69, 9.17) is 4.74 Å². The molecule has 0 aromatic rings. The lowest BCUT2D eigenvalue weighted by molar-refractivity contribution is 0.0610. The van der Waals surface area contributed by atoms with Gasteiger partial charge in [-0.25, -0.2) is 0 Å². The summed E-state index contributed by atoms with van der Waals surface area (Å²) in [6.45, 7) is 9.57. The average molecular weight is 173 g/mol. The summed E-state index contributed by atoms with van der Waals surface area (Å²) in [4.78, 5) is 0. The third-order valence-electron chi connectivity index (χ3n) is 1.76. The molecule has 0 aromatic heterocycles. The summed E-state index contributed by atoms with van der Waals surface area (Å²) in [6, 6.07) is 0. The van der Waals surface area contributed by atoms with Crippen molar-refractivity contribution in [1.29, 1.82) is 0 Å². The highest BCUT2D eigenvalue weighted by Gasteiger charge is 1.99. The van der Waals surface area contributed by atoms with Gasteiger partial charge in [-0.1, -0.05) is 13.8 Å². The second-order valence-electron chi connectivity index (χ2n) is 3.22. The highest BCUT2D eigenvalue weighted by atomic mass is 16.5. The summed E-state index contributed by atoms with van der Waals surface area (Å²) < 4.78 is 5.53. The Morgan fingerprint density at radius 3 is 2.50 bits per heavy atom. The van der Waals surface area contributed by atoms with E-state index in [9.17, 15) is 0 Å². The Kier molecular flexibility index (Phi) is 8.95. The zero-order chi connectivity index (χ0) is 9.23. The fraction of sp³-hybridized carbons (Fsp3) is 1.00. The molecule has 0 aliphatic heterocycles. The van der Waals surface area contributed by atoms with Crippen LogP contribution in [0.4, 0.5) is 0 Å². The van der Waals surface area contributed by atoms with E-state index in [2.05, 4.69) is 26.1 Å². The number of ether oxygens (including phenoxy) is 1. The van der Waals surface area contributed by atoms with Crippen molar-refractivity contribution in [1.82, 2.24) is 5.32 Å². The average Bonchev–Trinajstić information content (AvgIpc) is 2.09. The van der Waals surface area contributed by atoms with E-state index in [1.54, 1.807) is 0 Å². The molecule has 0 spiro atoms. The molecular formula is C10H23NO. The van der Waals surface area contributed by atoms with Gasteiger partial charge in [0.05, 0.1) is 6.10 Å². The molecule has 0 heterocycles. The fourth-order valence-electron chi connectivity index (χ4n) is 1.01. The van der Waals surface area contributed by atoms with Gasteiger partial charge in [0.1, 0.15) is 0 Å². The zero-order valence-electron chi connectivity index (χ0n) is 8.73. The number of hydrogen-bond donors (Lipinski definition) is 1. The molecule has 74 valence electrons. The minimum absolute atomic E-state index is 0.411. The van der Waals surface area contributed by atoms with Crippen molar-refractivity contribution < 1.29 is 4.74 Å². The van der Waals surface area contributed by atoms with Crippen molar-refractivity contribution in [2.75, 3.05) is 19.7 Å². The molecule has 0 aromatic carbocycles. The van der Waals surface area contributed by atoms with Crippen molar-refractivity contribution in [2.45, 2.75) is 46.1 Å². The lowest BCUT2D eigenvalue weighted by Gasteiger charge is -2.12. The zero-order valence-corrected chi connectivity index (χ0v) is 8.73. The van der Waals surface area contributed by atoms with Gasteiger partial charge in [-0.15, -0.1) is 0 Å². The Hall–Kier alpha value is -0.0800. The topological polar surface area (TPSA) is 21.3 Å². The molecule has 1 unspecified atom stereocenters. The van der Waals surface area contributed by atoms with Crippen LogP contribution in [-0.2, 0) is 4.74 Å². The molecule has 2 nitrogen and oxygen atoms in total. The van der Waals surface area contributed by atoms with Gasteiger partial charge in [0.2, 0.25) is 0 Å². The van der Waals surface area contributed by atoms with Crippen LogP contribution >= 0.6 is 0 Å². The number of hydrogen-bond acceptors (Lipinski definition) is 2. The molecule has 0 saturated heterocycles. The molecule has 1 N–H and O–H groups in total. The molecule has 12 heavy (non-hydrogen) atoms. The minimum Gasteiger partial charge on any atom is -0.378 e. The predicted octanol–water partition coefficient (Wildman–Crippen LogP) is 2.19. The standard InChI is InChI=1S/C10H23NO/c1-4-7-11-8-6-10(3)12-9-5-2/h10-11H,4-9H2,1-3H3. The van der Waals surface area contributed by atoms with Crippen LogP contribution in [0.15, 0.2) is 0 Å². The highest BCUT2D eigenvalue weighted by Crippen LogP contribution is 1.96. The smallest absolute Gasteiger partial charge is 0.0559 e. The van der Waals surface area contributed by atoms with Crippen LogP contribution in [0.1, 0.15) is 40.0 Å². The molecule has 0 saturated carbocycles. The maximum absolute atomic E-state index is 5.53. The summed E-state index contributed by atoms with van der Waals surface area (Å²) >= 11 is 0. The van der Waals surface area contributed by atoms with Crippen LogP contribution in [0, 0.1) is 0 Å².